The summed E-state index contributed by atoms with van der Waals surface area (Å²) in [7, 11) is -1.81. The van der Waals surface area contributed by atoms with E-state index in [2.05, 4.69) is 58.1 Å². The second kappa shape index (κ2) is 8.03. The lowest BCUT2D eigenvalue weighted by atomic mass is 10.1. The predicted octanol–water partition coefficient (Wildman–Crippen LogP) is 4.99. The average Bonchev–Trinajstić information content (AvgIpc) is 3.03. The largest absolute Gasteiger partial charge is 0.380 e. The minimum Gasteiger partial charge on any atom is -0.380 e. The van der Waals surface area contributed by atoms with Crippen LogP contribution < -0.4 is 0 Å². The molecule has 0 fully saturated rings. The van der Waals surface area contributed by atoms with E-state index in [1.54, 1.807) is 10.8 Å². The Labute approximate surface area is 153 Å². The molecule has 0 amide bonds. The first kappa shape index (κ1) is 19.5. The maximum absolute atomic E-state index is 10.7. The van der Waals surface area contributed by atoms with Crippen molar-refractivity contribution in [3.8, 4) is 11.6 Å². The summed E-state index contributed by atoms with van der Waals surface area (Å²) in [5.41, 5.74) is 6.24. The molecule has 1 aromatic heterocycles. The molecule has 0 aliphatic rings. The third-order valence-corrected chi connectivity index (χ3v) is 11.6. The summed E-state index contributed by atoms with van der Waals surface area (Å²) in [4.78, 5) is 4.35. The van der Waals surface area contributed by atoms with Gasteiger partial charge in [-0.3, -0.25) is 4.57 Å². The fraction of sp³-hybridized carbons (Fsp3) is 0.476. The quantitative estimate of drug-likeness (QED) is 0.606. The van der Waals surface area contributed by atoms with E-state index < -0.39 is 14.2 Å². The van der Waals surface area contributed by atoms with Crippen LogP contribution in [-0.4, -0.2) is 22.7 Å². The van der Waals surface area contributed by atoms with Gasteiger partial charge in [0.25, 0.3) is 0 Å². The molecule has 0 spiro atoms. The number of aliphatic hydroxyl groups excluding tert-OH is 1. The van der Waals surface area contributed by atoms with Gasteiger partial charge < -0.3 is 5.11 Å². The van der Waals surface area contributed by atoms with Crippen molar-refractivity contribution in [3.05, 3.63) is 54.1 Å². The zero-order chi connectivity index (χ0) is 18.6. The number of hydrogen-bond donors (Lipinski definition) is 1. The normalized spacial score (nSPS) is 13.2. The van der Waals surface area contributed by atoms with Gasteiger partial charge in [0.05, 0.1) is 0 Å². The molecule has 25 heavy (non-hydrogen) atoms. The molecule has 0 aliphatic heterocycles. The summed E-state index contributed by atoms with van der Waals surface area (Å²) in [5, 5.41) is 10.7. The van der Waals surface area contributed by atoms with Crippen LogP contribution in [0.4, 0.5) is 0 Å². The number of nitrogens with zero attached hydrogens (tertiary/aromatic N) is 2. The van der Waals surface area contributed by atoms with E-state index in [9.17, 15) is 5.11 Å². The highest BCUT2D eigenvalue weighted by Crippen LogP contribution is 2.40. The van der Waals surface area contributed by atoms with Gasteiger partial charge >= 0.3 is 0 Å². The number of aliphatic hydroxyl groups is 1. The highest BCUT2D eigenvalue weighted by molar-refractivity contribution is 6.90. The minimum absolute atomic E-state index is 0.575. The smallest absolute Gasteiger partial charge is 0.153 e. The Morgan fingerprint density at radius 2 is 1.52 bits per heavy atom. The molecule has 0 bridgehead atoms. The van der Waals surface area contributed by atoms with Gasteiger partial charge in [-0.1, -0.05) is 71.9 Å². The van der Waals surface area contributed by atoms with E-state index in [4.69, 9.17) is 0 Å². The Balaban J connectivity index is 2.43. The molecule has 1 atom stereocenters. The third-order valence-electron chi connectivity index (χ3n) is 5.29. The lowest BCUT2D eigenvalue weighted by molar-refractivity contribution is 0.208. The zero-order valence-corrected chi connectivity index (χ0v) is 17.2. The van der Waals surface area contributed by atoms with Crippen molar-refractivity contribution in [1.29, 1.82) is 0 Å². The van der Waals surface area contributed by atoms with Crippen LogP contribution in [0.1, 0.15) is 59.0 Å². The highest BCUT2D eigenvalue weighted by atomic mass is 28.3. The number of aromatic nitrogens is 2. The van der Waals surface area contributed by atoms with E-state index in [1.807, 2.05) is 36.5 Å². The lowest BCUT2D eigenvalue weighted by Crippen LogP contribution is -2.43. The first-order valence-corrected chi connectivity index (χ1v) is 11.3. The van der Waals surface area contributed by atoms with Gasteiger partial charge in [0.1, 0.15) is 14.2 Å². The van der Waals surface area contributed by atoms with Gasteiger partial charge in [0.15, 0.2) is 5.82 Å². The van der Waals surface area contributed by atoms with Crippen molar-refractivity contribution in [1.82, 2.24) is 9.55 Å². The van der Waals surface area contributed by atoms with Gasteiger partial charge in [-0.2, -0.15) is 0 Å². The number of imidazole rings is 1. The maximum atomic E-state index is 10.7. The van der Waals surface area contributed by atoms with Crippen LogP contribution in [0.15, 0.2) is 42.7 Å². The molecule has 0 saturated heterocycles. The second-order valence-electron chi connectivity index (χ2n) is 7.60. The van der Waals surface area contributed by atoms with E-state index in [-0.39, 0.29) is 0 Å². The lowest BCUT2D eigenvalue weighted by Gasteiger charge is -2.37. The number of rotatable bonds is 5. The van der Waals surface area contributed by atoms with Gasteiger partial charge in [-0.15, -0.1) is 5.54 Å². The second-order valence-corrected chi connectivity index (χ2v) is 13.2. The molecule has 2 rings (SSSR count). The molecular formula is C21H30N2OSi. The fourth-order valence-corrected chi connectivity index (χ4v) is 9.17. The molecule has 1 aromatic carbocycles. The molecule has 1 N–H and O–H groups in total. The Morgan fingerprint density at radius 3 is 2.04 bits per heavy atom. The van der Waals surface area contributed by atoms with Crippen LogP contribution in [0.5, 0.6) is 0 Å². The monoisotopic (exact) mass is 354 g/mol. The first-order valence-electron chi connectivity index (χ1n) is 9.10. The van der Waals surface area contributed by atoms with E-state index in [0.717, 1.165) is 5.56 Å². The molecule has 0 saturated carbocycles. The Kier molecular flexibility index (Phi) is 6.26. The predicted molar refractivity (Wildman–Crippen MR) is 107 cm³/mol. The van der Waals surface area contributed by atoms with Gasteiger partial charge in [-0.25, -0.2) is 4.98 Å². The molecule has 2 aromatic rings. The fourth-order valence-electron chi connectivity index (χ4n) is 3.99. The summed E-state index contributed by atoms with van der Waals surface area (Å²) >= 11 is 0. The Morgan fingerprint density at radius 1 is 0.960 bits per heavy atom. The Bertz CT molecular complexity index is 716. The molecule has 3 nitrogen and oxygen atoms in total. The van der Waals surface area contributed by atoms with Crippen molar-refractivity contribution in [2.75, 3.05) is 0 Å². The van der Waals surface area contributed by atoms with Crippen molar-refractivity contribution in [2.24, 2.45) is 0 Å². The van der Waals surface area contributed by atoms with Gasteiger partial charge in [0, 0.05) is 18.4 Å². The summed E-state index contributed by atoms with van der Waals surface area (Å²) in [6.07, 6.45) is 2.78. The minimum atomic E-state index is -1.81. The van der Waals surface area contributed by atoms with Crippen LogP contribution in [0.25, 0.3) is 0 Å². The average molecular weight is 355 g/mol. The van der Waals surface area contributed by atoms with Gasteiger partial charge in [0.2, 0.25) is 0 Å². The van der Waals surface area contributed by atoms with Crippen molar-refractivity contribution >= 4 is 8.07 Å². The molecule has 0 radical (unpaired) electrons. The third kappa shape index (κ3) is 3.89. The molecular weight excluding hydrogens is 324 g/mol. The summed E-state index contributed by atoms with van der Waals surface area (Å²) < 4.78 is 1.80. The van der Waals surface area contributed by atoms with Crippen molar-refractivity contribution in [3.63, 3.8) is 0 Å². The summed E-state index contributed by atoms with van der Waals surface area (Å²) in [5.74, 6) is 0.581. The molecule has 4 heteroatoms. The molecule has 1 heterocycles. The van der Waals surface area contributed by atoms with Crippen LogP contribution >= 0.6 is 0 Å². The van der Waals surface area contributed by atoms with Crippen molar-refractivity contribution < 1.29 is 5.11 Å². The van der Waals surface area contributed by atoms with Crippen molar-refractivity contribution in [2.45, 2.75) is 64.3 Å². The topological polar surface area (TPSA) is 38.0 Å². The van der Waals surface area contributed by atoms with E-state index in [1.165, 1.54) is 0 Å². The van der Waals surface area contributed by atoms with Crippen LogP contribution in [0.3, 0.4) is 0 Å². The number of benzene rings is 1. The SMILES string of the molecule is CC(C)[Si](C#Cn1ccnc1C(O)c1ccccc1)(C(C)C)C(C)C. The van der Waals surface area contributed by atoms with Crippen LogP contribution in [-0.2, 0) is 0 Å². The molecule has 0 aliphatic carbocycles. The Hall–Kier alpha value is -1.83. The van der Waals surface area contributed by atoms with Crippen LogP contribution in [0, 0.1) is 11.6 Å². The van der Waals surface area contributed by atoms with E-state index in [0.29, 0.717) is 22.4 Å². The van der Waals surface area contributed by atoms with Gasteiger partial charge in [-0.05, 0) is 22.2 Å². The summed E-state index contributed by atoms with van der Waals surface area (Å²) in [6.45, 7) is 13.8. The molecule has 134 valence electrons. The highest BCUT2D eigenvalue weighted by Gasteiger charge is 2.41. The maximum Gasteiger partial charge on any atom is 0.153 e. The van der Waals surface area contributed by atoms with Crippen LogP contribution in [0.2, 0.25) is 16.6 Å². The first-order chi connectivity index (χ1) is 11.8. The number of hydrogen-bond acceptors (Lipinski definition) is 2. The standard InChI is InChI=1S/C21H30N2OSi/c1-16(2)25(17(3)4,18(5)6)15-14-23-13-12-22-21(23)20(24)19-10-8-7-9-11-19/h7-13,16-18,20,24H,1-6H3. The van der Waals surface area contributed by atoms with E-state index >= 15 is 0 Å². The zero-order valence-electron chi connectivity index (χ0n) is 16.2. The molecule has 1 unspecified atom stereocenters. The summed E-state index contributed by atoms with van der Waals surface area (Å²) in [6, 6.07) is 12.9.